The van der Waals surface area contributed by atoms with Gasteiger partial charge in [-0.2, -0.15) is 0 Å². The molecule has 0 saturated carbocycles. The lowest BCUT2D eigenvalue weighted by atomic mass is 10.2. The summed E-state index contributed by atoms with van der Waals surface area (Å²) in [6, 6.07) is 9.50. The number of hydrogen-bond donors (Lipinski definition) is 0. The molecule has 2 aliphatic heterocycles. The van der Waals surface area contributed by atoms with Crippen LogP contribution in [0.2, 0.25) is 0 Å². The molecule has 1 aromatic carbocycles. The van der Waals surface area contributed by atoms with Gasteiger partial charge in [0.05, 0.1) is 0 Å². The molecule has 2 saturated heterocycles. The van der Waals surface area contributed by atoms with Crippen molar-refractivity contribution in [1.29, 1.82) is 0 Å². The van der Waals surface area contributed by atoms with Crippen LogP contribution in [-0.2, 0) is 0 Å². The molecule has 2 aliphatic rings. The van der Waals surface area contributed by atoms with Gasteiger partial charge >= 0.3 is 0 Å². The Morgan fingerprint density at radius 1 is 0.889 bits per heavy atom. The Hall–Kier alpha value is 0.0800. The average Bonchev–Trinajstić information content (AvgIpc) is 3.00. The summed E-state index contributed by atoms with van der Waals surface area (Å²) >= 11 is 0. The second-order valence-corrected chi connectivity index (χ2v) is 11.4. The van der Waals surface area contributed by atoms with Crippen molar-refractivity contribution in [3.05, 3.63) is 24.3 Å². The standard InChI is InChI=1S/C16H24P2/c1-13-9-10-14(2)18(13)16-8-4-3-7-15(16)17-11-5-6-12-17/h3-4,7-8,13-14H,5-6,9-12H2,1-2H3/t13-,14-/m1/s1. The summed E-state index contributed by atoms with van der Waals surface area (Å²) in [6.45, 7) is 4.99. The van der Waals surface area contributed by atoms with Gasteiger partial charge in [-0.3, -0.25) is 0 Å². The Morgan fingerprint density at radius 3 is 2.06 bits per heavy atom. The summed E-state index contributed by atoms with van der Waals surface area (Å²) in [7, 11) is 0.318. The van der Waals surface area contributed by atoms with Crippen LogP contribution in [0.1, 0.15) is 39.5 Å². The summed E-state index contributed by atoms with van der Waals surface area (Å²) in [5.74, 6) is 0. The monoisotopic (exact) mass is 278 g/mol. The summed E-state index contributed by atoms with van der Waals surface area (Å²) in [6.07, 6.45) is 8.86. The van der Waals surface area contributed by atoms with E-state index in [1.54, 1.807) is 10.6 Å². The Kier molecular flexibility index (Phi) is 4.07. The van der Waals surface area contributed by atoms with Crippen molar-refractivity contribution in [2.45, 2.75) is 50.8 Å². The van der Waals surface area contributed by atoms with Gasteiger partial charge in [-0.1, -0.05) is 54.0 Å². The molecule has 0 bridgehead atoms. The van der Waals surface area contributed by atoms with Gasteiger partial charge in [-0.15, -0.1) is 0 Å². The van der Waals surface area contributed by atoms with Crippen LogP contribution in [0.4, 0.5) is 0 Å². The number of benzene rings is 1. The van der Waals surface area contributed by atoms with Crippen molar-refractivity contribution in [2.75, 3.05) is 12.3 Å². The fraction of sp³-hybridized carbons (Fsp3) is 0.625. The first-order chi connectivity index (χ1) is 8.77. The van der Waals surface area contributed by atoms with Gasteiger partial charge in [0.2, 0.25) is 0 Å². The van der Waals surface area contributed by atoms with Gasteiger partial charge in [0.15, 0.2) is 0 Å². The Bertz CT molecular complexity index is 399. The average molecular weight is 278 g/mol. The highest BCUT2D eigenvalue weighted by Gasteiger charge is 2.33. The van der Waals surface area contributed by atoms with Crippen molar-refractivity contribution in [3.8, 4) is 0 Å². The third-order valence-corrected chi connectivity index (χ3v) is 10.9. The zero-order valence-electron chi connectivity index (χ0n) is 11.6. The maximum absolute atomic E-state index is 2.49. The SMILES string of the molecule is C[C@@H]1CC[C@@H](C)P1c1ccccc1P1CCCC1. The molecule has 0 aliphatic carbocycles. The van der Waals surface area contributed by atoms with Crippen molar-refractivity contribution >= 4 is 26.5 Å². The van der Waals surface area contributed by atoms with E-state index in [-0.39, 0.29) is 15.8 Å². The lowest BCUT2D eigenvalue weighted by molar-refractivity contribution is 0.777. The molecule has 1 aromatic rings. The van der Waals surface area contributed by atoms with Gasteiger partial charge in [0, 0.05) is 0 Å². The molecule has 0 amide bonds. The molecule has 0 aromatic heterocycles. The summed E-state index contributed by atoms with van der Waals surface area (Å²) < 4.78 is 0. The summed E-state index contributed by atoms with van der Waals surface area (Å²) in [5.41, 5.74) is 1.91. The molecule has 2 heterocycles. The zero-order chi connectivity index (χ0) is 12.5. The number of rotatable bonds is 2. The van der Waals surface area contributed by atoms with E-state index in [2.05, 4.69) is 38.1 Å². The highest BCUT2D eigenvalue weighted by atomic mass is 31.1. The molecular formula is C16H24P2. The van der Waals surface area contributed by atoms with Crippen molar-refractivity contribution in [3.63, 3.8) is 0 Å². The van der Waals surface area contributed by atoms with E-state index in [4.69, 9.17) is 0 Å². The van der Waals surface area contributed by atoms with Crippen LogP contribution in [0.25, 0.3) is 0 Å². The third-order valence-electron chi connectivity index (χ3n) is 4.56. The van der Waals surface area contributed by atoms with E-state index in [0.717, 1.165) is 11.3 Å². The maximum Gasteiger partial charge on any atom is -0.0159 e. The van der Waals surface area contributed by atoms with Crippen molar-refractivity contribution in [2.24, 2.45) is 0 Å². The largest absolute Gasteiger partial charge is 0.0746 e. The zero-order valence-corrected chi connectivity index (χ0v) is 13.4. The van der Waals surface area contributed by atoms with Gasteiger partial charge in [0.25, 0.3) is 0 Å². The minimum atomic E-state index is 0.117. The highest BCUT2D eigenvalue weighted by Crippen LogP contribution is 2.55. The van der Waals surface area contributed by atoms with Crippen LogP contribution in [-0.4, -0.2) is 23.6 Å². The van der Waals surface area contributed by atoms with E-state index in [1.165, 1.54) is 38.0 Å². The lowest BCUT2D eigenvalue weighted by Gasteiger charge is -2.26. The molecular weight excluding hydrogens is 254 g/mol. The topological polar surface area (TPSA) is 0 Å². The normalized spacial score (nSPS) is 30.1. The van der Waals surface area contributed by atoms with Crippen LogP contribution in [0, 0.1) is 0 Å². The number of hydrogen-bond acceptors (Lipinski definition) is 0. The third kappa shape index (κ3) is 2.39. The summed E-state index contributed by atoms with van der Waals surface area (Å²) in [5, 5.41) is 3.58. The Balaban J connectivity index is 1.95. The Labute approximate surface area is 114 Å². The molecule has 0 spiro atoms. The fourth-order valence-electron chi connectivity index (χ4n) is 3.58. The van der Waals surface area contributed by atoms with Crippen LogP contribution in [0.5, 0.6) is 0 Å². The van der Waals surface area contributed by atoms with Crippen molar-refractivity contribution < 1.29 is 0 Å². The predicted octanol–water partition coefficient (Wildman–Crippen LogP) is 4.27. The van der Waals surface area contributed by atoms with E-state index in [9.17, 15) is 0 Å². The second kappa shape index (κ2) is 5.60. The molecule has 18 heavy (non-hydrogen) atoms. The van der Waals surface area contributed by atoms with E-state index in [0.29, 0.717) is 0 Å². The van der Waals surface area contributed by atoms with E-state index < -0.39 is 0 Å². The molecule has 2 heteroatoms. The summed E-state index contributed by atoms with van der Waals surface area (Å²) in [4.78, 5) is 0. The second-order valence-electron chi connectivity index (χ2n) is 5.87. The van der Waals surface area contributed by atoms with Gasteiger partial charge < -0.3 is 0 Å². The molecule has 0 nitrogen and oxygen atoms in total. The predicted molar refractivity (Wildman–Crippen MR) is 86.7 cm³/mol. The molecule has 2 atom stereocenters. The Morgan fingerprint density at radius 2 is 1.44 bits per heavy atom. The van der Waals surface area contributed by atoms with Crippen LogP contribution < -0.4 is 10.6 Å². The maximum atomic E-state index is 2.49. The lowest BCUT2D eigenvalue weighted by Crippen LogP contribution is -2.26. The molecule has 98 valence electrons. The minimum Gasteiger partial charge on any atom is -0.0746 e. The molecule has 0 radical (unpaired) electrons. The molecule has 0 unspecified atom stereocenters. The first-order valence-corrected chi connectivity index (χ1v) is 10.6. The first kappa shape index (κ1) is 13.1. The highest BCUT2D eigenvalue weighted by molar-refractivity contribution is 7.73. The molecule has 2 fully saturated rings. The van der Waals surface area contributed by atoms with Gasteiger partial charge in [0.1, 0.15) is 0 Å². The fourth-order valence-corrected chi connectivity index (χ4v) is 10.2. The van der Waals surface area contributed by atoms with E-state index in [1.807, 2.05) is 0 Å². The quantitative estimate of drug-likeness (QED) is 0.709. The van der Waals surface area contributed by atoms with E-state index >= 15 is 0 Å². The first-order valence-electron chi connectivity index (χ1n) is 7.39. The molecule has 0 N–H and O–H groups in total. The van der Waals surface area contributed by atoms with Crippen LogP contribution >= 0.6 is 15.8 Å². The molecule has 3 rings (SSSR count). The van der Waals surface area contributed by atoms with Crippen LogP contribution in [0.3, 0.4) is 0 Å². The van der Waals surface area contributed by atoms with Crippen LogP contribution in [0.15, 0.2) is 24.3 Å². The van der Waals surface area contributed by atoms with Crippen molar-refractivity contribution in [1.82, 2.24) is 0 Å². The van der Waals surface area contributed by atoms with Gasteiger partial charge in [-0.05, 0) is 59.9 Å². The van der Waals surface area contributed by atoms with Gasteiger partial charge in [-0.25, -0.2) is 0 Å². The smallest absolute Gasteiger partial charge is 0.0159 e. The minimum absolute atomic E-state index is 0.117.